The number of primary amides is 1. The summed E-state index contributed by atoms with van der Waals surface area (Å²) in [6.07, 6.45) is 0. The molecule has 0 unspecified atom stereocenters. The van der Waals surface area contributed by atoms with Crippen LogP contribution in [0, 0.1) is 0 Å². The first-order valence-electron chi connectivity index (χ1n) is 3.72. The molecular formula is C7H14N2O2S2. The second-order valence-corrected chi connectivity index (χ2v) is 4.65. The predicted molar refractivity (Wildman–Crippen MR) is 58.0 cm³/mol. The van der Waals surface area contributed by atoms with Gasteiger partial charge in [-0.3, -0.25) is 9.59 Å². The third-order valence-electron chi connectivity index (χ3n) is 1.39. The molecule has 0 bridgehead atoms. The smallest absolute Gasteiger partial charge is 0.240 e. The van der Waals surface area contributed by atoms with E-state index in [4.69, 9.17) is 5.73 Å². The number of amides is 2. The van der Waals surface area contributed by atoms with E-state index in [0.717, 1.165) is 0 Å². The Hall–Kier alpha value is -0.360. The molecular weight excluding hydrogens is 208 g/mol. The number of hydrogen-bond donors (Lipinski definition) is 4. The molecule has 0 fully saturated rings. The van der Waals surface area contributed by atoms with Crippen molar-refractivity contribution in [3.8, 4) is 0 Å². The van der Waals surface area contributed by atoms with Crippen molar-refractivity contribution >= 4 is 37.1 Å². The van der Waals surface area contributed by atoms with Gasteiger partial charge in [0.25, 0.3) is 0 Å². The largest absolute Gasteiger partial charge is 0.368 e. The Morgan fingerprint density at radius 2 is 2.00 bits per heavy atom. The number of carbonyl (C=O) groups excluding carboxylic acids is 2. The summed E-state index contributed by atoms with van der Waals surface area (Å²) >= 11 is 7.93. The lowest BCUT2D eigenvalue weighted by molar-refractivity contribution is -0.127. The van der Waals surface area contributed by atoms with Gasteiger partial charge in [-0.25, -0.2) is 0 Å². The molecule has 2 amide bonds. The zero-order chi connectivity index (χ0) is 10.6. The Balaban J connectivity index is 4.26. The van der Waals surface area contributed by atoms with Crippen LogP contribution in [0.5, 0.6) is 0 Å². The first-order valence-corrected chi connectivity index (χ1v) is 4.80. The topological polar surface area (TPSA) is 72.2 Å². The molecule has 0 aliphatic carbocycles. The fourth-order valence-electron chi connectivity index (χ4n) is 0.542. The Kier molecular flexibility index (Phi) is 4.63. The van der Waals surface area contributed by atoms with Crippen LogP contribution in [0.4, 0.5) is 0 Å². The maximum Gasteiger partial charge on any atom is 0.240 e. The Labute approximate surface area is 88.5 Å². The van der Waals surface area contributed by atoms with Gasteiger partial charge in [0.2, 0.25) is 11.8 Å². The Morgan fingerprint density at radius 3 is 2.23 bits per heavy atom. The van der Waals surface area contributed by atoms with Gasteiger partial charge in [-0.15, -0.1) is 0 Å². The maximum absolute atomic E-state index is 11.3. The molecule has 1 atom stereocenters. The van der Waals surface area contributed by atoms with Crippen molar-refractivity contribution < 1.29 is 9.59 Å². The Morgan fingerprint density at radius 1 is 1.54 bits per heavy atom. The molecule has 0 aliphatic rings. The summed E-state index contributed by atoms with van der Waals surface area (Å²) in [6, 6.07) is -0.734. The predicted octanol–water partition coefficient (Wildman–Crippen LogP) is -0.405. The number of hydrogen-bond acceptors (Lipinski definition) is 4. The van der Waals surface area contributed by atoms with Gasteiger partial charge in [-0.05, 0) is 13.8 Å². The number of thiol groups is 2. The minimum atomic E-state index is -0.823. The summed E-state index contributed by atoms with van der Waals surface area (Å²) in [5.74, 6) is -0.750. The zero-order valence-corrected chi connectivity index (χ0v) is 9.36. The van der Waals surface area contributed by atoms with Gasteiger partial charge in [0.1, 0.15) is 6.04 Å². The molecule has 0 aromatic carbocycles. The quantitative estimate of drug-likeness (QED) is 0.489. The molecule has 0 aromatic rings. The van der Waals surface area contributed by atoms with Crippen molar-refractivity contribution in [2.75, 3.05) is 5.75 Å². The highest BCUT2D eigenvalue weighted by atomic mass is 32.1. The third-order valence-corrected chi connectivity index (χ3v) is 1.96. The minimum absolute atomic E-state index is 0.185. The molecule has 76 valence electrons. The molecule has 0 spiro atoms. The summed E-state index contributed by atoms with van der Waals surface area (Å²) in [4.78, 5) is 22.0. The van der Waals surface area contributed by atoms with Gasteiger partial charge in [-0.2, -0.15) is 25.3 Å². The first kappa shape index (κ1) is 12.6. The number of carbonyl (C=O) groups is 2. The van der Waals surface area contributed by atoms with Crippen LogP contribution in [0.15, 0.2) is 0 Å². The lowest BCUT2D eigenvalue weighted by Crippen LogP contribution is -2.50. The van der Waals surface area contributed by atoms with E-state index in [1.165, 1.54) is 0 Å². The van der Waals surface area contributed by atoms with Crippen molar-refractivity contribution in [3.05, 3.63) is 0 Å². The number of rotatable bonds is 4. The summed E-state index contributed by atoms with van der Waals surface area (Å²) in [6.45, 7) is 3.25. The highest BCUT2D eigenvalue weighted by Crippen LogP contribution is 2.11. The normalized spacial score (nSPS) is 13.5. The fraction of sp³-hybridized carbons (Fsp3) is 0.714. The SMILES string of the molecule is CC(C)(S)C(=O)N[C@@H](CS)C(N)=O. The Bertz CT molecular complexity index is 213. The van der Waals surface area contributed by atoms with Gasteiger partial charge in [0.05, 0.1) is 4.75 Å². The number of nitrogens with two attached hydrogens (primary N) is 1. The van der Waals surface area contributed by atoms with E-state index < -0.39 is 16.7 Å². The summed E-state index contributed by atoms with van der Waals surface area (Å²) < 4.78 is -0.823. The molecule has 0 heterocycles. The van der Waals surface area contributed by atoms with Gasteiger partial charge in [0.15, 0.2) is 0 Å². The standard InChI is InChI=1S/C7H14N2O2S2/c1-7(2,13)6(11)9-4(3-12)5(8)10/h4,12-13H,3H2,1-2H3,(H2,8,10)(H,9,11)/t4-/m0/s1. The summed E-state index contributed by atoms with van der Waals surface area (Å²) in [5, 5.41) is 2.44. The molecule has 0 rings (SSSR count). The van der Waals surface area contributed by atoms with E-state index in [0.29, 0.717) is 0 Å². The van der Waals surface area contributed by atoms with Gasteiger partial charge in [-0.1, -0.05) is 0 Å². The van der Waals surface area contributed by atoms with Gasteiger partial charge in [0, 0.05) is 5.75 Å². The molecule has 0 aromatic heterocycles. The molecule has 13 heavy (non-hydrogen) atoms. The molecule has 0 aliphatic heterocycles. The van der Waals surface area contributed by atoms with E-state index >= 15 is 0 Å². The van der Waals surface area contributed by atoms with E-state index in [9.17, 15) is 9.59 Å². The average Bonchev–Trinajstić information content (AvgIpc) is 1.96. The van der Waals surface area contributed by atoms with Crippen molar-refractivity contribution in [1.82, 2.24) is 5.32 Å². The van der Waals surface area contributed by atoms with E-state index in [1.807, 2.05) is 0 Å². The molecule has 0 saturated carbocycles. The van der Waals surface area contributed by atoms with Crippen LogP contribution in [-0.2, 0) is 9.59 Å². The maximum atomic E-state index is 11.3. The molecule has 4 nitrogen and oxygen atoms in total. The molecule has 0 saturated heterocycles. The van der Waals surface area contributed by atoms with Crippen molar-refractivity contribution in [1.29, 1.82) is 0 Å². The van der Waals surface area contributed by atoms with Gasteiger partial charge >= 0.3 is 0 Å². The van der Waals surface area contributed by atoms with Crippen LogP contribution < -0.4 is 11.1 Å². The second-order valence-electron chi connectivity index (χ2n) is 3.17. The number of nitrogens with one attached hydrogen (secondary N) is 1. The molecule has 0 radical (unpaired) electrons. The second kappa shape index (κ2) is 4.76. The average molecular weight is 222 g/mol. The molecule has 6 heteroatoms. The van der Waals surface area contributed by atoms with Crippen molar-refractivity contribution in [2.24, 2.45) is 5.73 Å². The zero-order valence-electron chi connectivity index (χ0n) is 7.57. The minimum Gasteiger partial charge on any atom is -0.368 e. The van der Waals surface area contributed by atoms with Crippen LogP contribution in [0.1, 0.15) is 13.8 Å². The fourth-order valence-corrected chi connectivity index (χ4v) is 0.877. The van der Waals surface area contributed by atoms with Crippen LogP contribution >= 0.6 is 25.3 Å². The molecule has 3 N–H and O–H groups in total. The third kappa shape index (κ3) is 4.42. The highest BCUT2D eigenvalue weighted by molar-refractivity contribution is 7.82. The van der Waals surface area contributed by atoms with Crippen LogP contribution in [0.3, 0.4) is 0 Å². The van der Waals surface area contributed by atoms with Crippen LogP contribution in [-0.4, -0.2) is 28.4 Å². The van der Waals surface area contributed by atoms with Crippen molar-refractivity contribution in [2.45, 2.75) is 24.6 Å². The monoisotopic (exact) mass is 222 g/mol. The van der Waals surface area contributed by atoms with E-state index in [1.54, 1.807) is 13.8 Å². The lowest BCUT2D eigenvalue weighted by atomic mass is 10.1. The van der Waals surface area contributed by atoms with E-state index in [2.05, 4.69) is 30.6 Å². The van der Waals surface area contributed by atoms with Crippen molar-refractivity contribution in [3.63, 3.8) is 0 Å². The summed E-state index contributed by atoms with van der Waals surface area (Å²) in [5.41, 5.74) is 5.01. The first-order chi connectivity index (χ1) is 5.79. The van der Waals surface area contributed by atoms with Crippen LogP contribution in [0.25, 0.3) is 0 Å². The highest BCUT2D eigenvalue weighted by Gasteiger charge is 2.26. The lowest BCUT2D eigenvalue weighted by Gasteiger charge is -2.20. The van der Waals surface area contributed by atoms with Crippen LogP contribution in [0.2, 0.25) is 0 Å². The van der Waals surface area contributed by atoms with E-state index in [-0.39, 0.29) is 11.7 Å². The summed E-state index contributed by atoms with van der Waals surface area (Å²) in [7, 11) is 0. The van der Waals surface area contributed by atoms with Gasteiger partial charge < -0.3 is 11.1 Å².